The topological polar surface area (TPSA) is 61.7 Å². The van der Waals surface area contributed by atoms with E-state index in [4.69, 9.17) is 5.53 Å². The zero-order chi connectivity index (χ0) is 13.1. The van der Waals surface area contributed by atoms with Crippen LogP contribution in [0.15, 0.2) is 62.9 Å². The summed E-state index contributed by atoms with van der Waals surface area (Å²) in [6.07, 6.45) is 0. The van der Waals surface area contributed by atoms with Crippen LogP contribution in [0, 0.1) is 0 Å². The van der Waals surface area contributed by atoms with Crippen molar-refractivity contribution in [1.82, 2.24) is 4.98 Å². The first-order valence-electron chi connectivity index (χ1n) is 5.54. The van der Waals surface area contributed by atoms with Crippen LogP contribution in [-0.4, -0.2) is 4.98 Å². The van der Waals surface area contributed by atoms with E-state index < -0.39 is 0 Å². The summed E-state index contributed by atoms with van der Waals surface area (Å²) < 4.78 is 2.10. The number of fused-ring (bicyclic) bond motifs is 1. The third-order valence-corrected chi connectivity index (χ3v) is 4.65. The Morgan fingerprint density at radius 3 is 2.74 bits per heavy atom. The van der Waals surface area contributed by atoms with Gasteiger partial charge in [-0.25, -0.2) is 4.98 Å². The van der Waals surface area contributed by atoms with Gasteiger partial charge in [-0.15, -0.1) is 11.3 Å². The maximum atomic E-state index is 8.56. The predicted molar refractivity (Wildman–Crippen MR) is 79.0 cm³/mol. The number of hydrogen-bond acceptors (Lipinski definition) is 4. The first kappa shape index (κ1) is 12.0. The molecule has 3 aromatic rings. The van der Waals surface area contributed by atoms with Crippen LogP contribution in [0.3, 0.4) is 0 Å². The van der Waals surface area contributed by atoms with Crippen molar-refractivity contribution < 1.29 is 0 Å². The third kappa shape index (κ3) is 2.56. The Morgan fingerprint density at radius 2 is 1.89 bits per heavy atom. The minimum absolute atomic E-state index is 0.634. The number of thiazole rings is 1. The summed E-state index contributed by atoms with van der Waals surface area (Å²) in [4.78, 5) is 8.32. The minimum Gasteiger partial charge on any atom is -0.229 e. The van der Waals surface area contributed by atoms with Crippen molar-refractivity contribution in [3.05, 3.63) is 59.0 Å². The van der Waals surface area contributed by atoms with Crippen molar-refractivity contribution in [2.75, 3.05) is 0 Å². The Hall–Kier alpha value is -2.01. The van der Waals surface area contributed by atoms with Gasteiger partial charge in [-0.3, -0.25) is 0 Å². The SMILES string of the molecule is [N-]=[N+]=Nc1ccccc1Sc1nc2ccccc2s1. The van der Waals surface area contributed by atoms with Crippen LogP contribution >= 0.6 is 23.1 Å². The summed E-state index contributed by atoms with van der Waals surface area (Å²) in [6.45, 7) is 0. The molecule has 1 aromatic heterocycles. The second-order valence-corrected chi connectivity index (χ2v) is 6.03. The van der Waals surface area contributed by atoms with Gasteiger partial charge in [0.1, 0.15) is 0 Å². The smallest absolute Gasteiger partial charge is 0.155 e. The highest BCUT2D eigenvalue weighted by molar-refractivity contribution is 8.01. The van der Waals surface area contributed by atoms with E-state index in [1.54, 1.807) is 17.4 Å². The molecule has 0 atom stereocenters. The number of aromatic nitrogens is 1. The van der Waals surface area contributed by atoms with Gasteiger partial charge in [-0.05, 0) is 23.7 Å². The Morgan fingerprint density at radius 1 is 1.11 bits per heavy atom. The number of benzene rings is 2. The van der Waals surface area contributed by atoms with Crippen LogP contribution < -0.4 is 0 Å². The standard InChI is InChI=1S/C13H8N4S2/c14-17-16-10-6-2-4-8-12(10)19-13-15-9-5-1-3-7-11(9)18-13/h1-8H. The Labute approximate surface area is 117 Å². The van der Waals surface area contributed by atoms with Gasteiger partial charge >= 0.3 is 0 Å². The third-order valence-electron chi connectivity index (χ3n) is 2.49. The number of para-hydroxylation sites is 1. The zero-order valence-electron chi connectivity index (χ0n) is 9.72. The molecular formula is C13H8N4S2. The Bertz CT molecular complexity index is 742. The summed E-state index contributed by atoms with van der Waals surface area (Å²) >= 11 is 3.16. The Balaban J connectivity index is 1.98. The van der Waals surface area contributed by atoms with E-state index in [9.17, 15) is 0 Å². The summed E-state index contributed by atoms with van der Waals surface area (Å²) in [7, 11) is 0. The molecule has 6 heteroatoms. The predicted octanol–water partition coefficient (Wildman–Crippen LogP) is 5.39. The van der Waals surface area contributed by atoms with Gasteiger partial charge in [0.05, 0.1) is 15.9 Å². The summed E-state index contributed by atoms with van der Waals surface area (Å²) in [5.41, 5.74) is 10.2. The Kier molecular flexibility index (Phi) is 3.37. The average Bonchev–Trinajstić information content (AvgIpc) is 2.83. The number of hydrogen-bond donors (Lipinski definition) is 0. The maximum Gasteiger partial charge on any atom is 0.155 e. The highest BCUT2D eigenvalue weighted by atomic mass is 32.2. The van der Waals surface area contributed by atoms with E-state index in [2.05, 4.69) is 21.1 Å². The second kappa shape index (κ2) is 5.32. The highest BCUT2D eigenvalue weighted by Crippen LogP contribution is 2.38. The number of azide groups is 1. The molecule has 4 nitrogen and oxygen atoms in total. The first-order valence-corrected chi connectivity index (χ1v) is 7.18. The number of nitrogens with zero attached hydrogens (tertiary/aromatic N) is 4. The van der Waals surface area contributed by atoms with Crippen LogP contribution in [0.5, 0.6) is 0 Å². The van der Waals surface area contributed by atoms with Crippen molar-refractivity contribution in [1.29, 1.82) is 0 Å². The van der Waals surface area contributed by atoms with E-state index >= 15 is 0 Å². The summed E-state index contributed by atoms with van der Waals surface area (Å²) in [5.74, 6) is 0. The molecule has 0 unspecified atom stereocenters. The fourth-order valence-electron chi connectivity index (χ4n) is 1.66. The number of rotatable bonds is 3. The van der Waals surface area contributed by atoms with Gasteiger partial charge in [-0.2, -0.15) is 0 Å². The lowest BCUT2D eigenvalue weighted by molar-refractivity contribution is 1.28. The molecule has 0 fully saturated rings. The molecule has 92 valence electrons. The van der Waals surface area contributed by atoms with Crippen molar-refractivity contribution in [2.24, 2.45) is 5.11 Å². The van der Waals surface area contributed by atoms with Gasteiger partial charge in [-0.1, -0.05) is 47.2 Å². The fraction of sp³-hybridized carbons (Fsp3) is 0. The van der Waals surface area contributed by atoms with Crippen LogP contribution in [0.4, 0.5) is 5.69 Å². The molecule has 3 rings (SSSR count). The van der Waals surface area contributed by atoms with E-state index in [0.717, 1.165) is 19.5 Å². The van der Waals surface area contributed by atoms with Crippen LogP contribution in [-0.2, 0) is 0 Å². The van der Waals surface area contributed by atoms with Crippen LogP contribution in [0.25, 0.3) is 20.7 Å². The molecule has 2 aromatic carbocycles. The molecule has 0 aliphatic heterocycles. The lowest BCUT2D eigenvalue weighted by Crippen LogP contribution is -1.73. The molecule has 0 N–H and O–H groups in total. The lowest BCUT2D eigenvalue weighted by Gasteiger charge is -2.00. The quantitative estimate of drug-likeness (QED) is 0.368. The molecule has 0 bridgehead atoms. The molecule has 0 saturated carbocycles. The fourth-order valence-corrected chi connectivity index (χ4v) is 3.76. The van der Waals surface area contributed by atoms with E-state index in [0.29, 0.717) is 5.69 Å². The minimum atomic E-state index is 0.634. The van der Waals surface area contributed by atoms with Crippen molar-refractivity contribution >= 4 is 39.0 Å². The second-order valence-electron chi connectivity index (χ2n) is 3.71. The van der Waals surface area contributed by atoms with Crippen molar-refractivity contribution in [3.63, 3.8) is 0 Å². The van der Waals surface area contributed by atoms with Crippen LogP contribution in [0.2, 0.25) is 0 Å². The molecule has 0 spiro atoms. The molecule has 19 heavy (non-hydrogen) atoms. The summed E-state index contributed by atoms with van der Waals surface area (Å²) in [6, 6.07) is 15.5. The largest absolute Gasteiger partial charge is 0.229 e. The van der Waals surface area contributed by atoms with Crippen LogP contribution in [0.1, 0.15) is 0 Å². The first-order chi connectivity index (χ1) is 9.36. The summed E-state index contributed by atoms with van der Waals surface area (Å²) in [5, 5.41) is 3.69. The van der Waals surface area contributed by atoms with E-state index in [1.165, 1.54) is 11.8 Å². The zero-order valence-corrected chi connectivity index (χ0v) is 11.4. The van der Waals surface area contributed by atoms with Gasteiger partial charge in [0.15, 0.2) is 4.34 Å². The monoisotopic (exact) mass is 284 g/mol. The highest BCUT2D eigenvalue weighted by Gasteiger charge is 2.07. The lowest BCUT2D eigenvalue weighted by atomic mass is 10.3. The van der Waals surface area contributed by atoms with Gasteiger partial charge in [0.25, 0.3) is 0 Å². The molecule has 1 heterocycles. The molecule has 0 saturated heterocycles. The maximum absolute atomic E-state index is 8.56. The van der Waals surface area contributed by atoms with Crippen molar-refractivity contribution in [2.45, 2.75) is 9.24 Å². The van der Waals surface area contributed by atoms with Gasteiger partial charge in [0.2, 0.25) is 0 Å². The normalized spacial score (nSPS) is 10.3. The molecule has 0 aliphatic rings. The molecule has 0 aliphatic carbocycles. The van der Waals surface area contributed by atoms with E-state index in [-0.39, 0.29) is 0 Å². The van der Waals surface area contributed by atoms with Gasteiger partial charge < -0.3 is 0 Å². The molecule has 0 radical (unpaired) electrons. The molecular weight excluding hydrogens is 276 g/mol. The van der Waals surface area contributed by atoms with E-state index in [1.807, 2.05) is 36.4 Å². The molecule has 0 amide bonds. The average molecular weight is 284 g/mol. The van der Waals surface area contributed by atoms with Gasteiger partial charge in [0, 0.05) is 9.81 Å². The van der Waals surface area contributed by atoms with Crippen molar-refractivity contribution in [3.8, 4) is 0 Å².